The summed E-state index contributed by atoms with van der Waals surface area (Å²) in [5.41, 5.74) is 3.13. The van der Waals surface area contributed by atoms with E-state index in [0.29, 0.717) is 6.54 Å². The van der Waals surface area contributed by atoms with Crippen LogP contribution in [-0.4, -0.2) is 6.03 Å². The minimum absolute atomic E-state index is 0.193. The predicted molar refractivity (Wildman–Crippen MR) is 104 cm³/mol. The van der Waals surface area contributed by atoms with E-state index in [2.05, 4.69) is 26.6 Å². The van der Waals surface area contributed by atoms with Crippen LogP contribution in [0.2, 0.25) is 0 Å². The molecule has 25 heavy (non-hydrogen) atoms. The summed E-state index contributed by atoms with van der Waals surface area (Å²) >= 11 is 3.50. The summed E-state index contributed by atoms with van der Waals surface area (Å²) in [6.45, 7) is 0.462. The fourth-order valence-corrected chi connectivity index (χ4v) is 3.07. The molecule has 0 aliphatic carbocycles. The number of rotatable bonds is 5. The zero-order valence-corrected chi connectivity index (χ0v) is 15.2. The Labute approximate surface area is 156 Å². The van der Waals surface area contributed by atoms with Crippen LogP contribution in [-0.2, 0) is 6.54 Å². The molecule has 0 bridgehead atoms. The summed E-state index contributed by atoms with van der Waals surface area (Å²) in [7, 11) is 0. The van der Waals surface area contributed by atoms with E-state index in [0.717, 1.165) is 21.2 Å². The van der Waals surface area contributed by atoms with Crippen LogP contribution in [0.4, 0.5) is 4.79 Å². The molecule has 4 heteroatoms. The molecule has 0 unspecified atom stereocenters. The summed E-state index contributed by atoms with van der Waals surface area (Å²) in [6.07, 6.45) is 0. The van der Waals surface area contributed by atoms with E-state index in [-0.39, 0.29) is 12.1 Å². The first-order valence-electron chi connectivity index (χ1n) is 8.11. The molecular formula is C21H19BrN2O. The molecule has 0 fully saturated rings. The third kappa shape index (κ3) is 4.70. The fraction of sp³-hybridized carbons (Fsp3) is 0.0952. The van der Waals surface area contributed by atoms with E-state index < -0.39 is 0 Å². The van der Waals surface area contributed by atoms with Crippen molar-refractivity contribution in [2.75, 3.05) is 0 Å². The third-order valence-electron chi connectivity index (χ3n) is 3.94. The topological polar surface area (TPSA) is 41.1 Å². The van der Waals surface area contributed by atoms with Gasteiger partial charge in [-0.2, -0.15) is 0 Å². The van der Waals surface area contributed by atoms with E-state index in [1.165, 1.54) is 0 Å². The summed E-state index contributed by atoms with van der Waals surface area (Å²) in [5, 5.41) is 6.00. The van der Waals surface area contributed by atoms with Crippen LogP contribution < -0.4 is 10.6 Å². The van der Waals surface area contributed by atoms with Gasteiger partial charge in [0.2, 0.25) is 0 Å². The van der Waals surface area contributed by atoms with Crippen LogP contribution in [0.1, 0.15) is 22.7 Å². The first-order valence-corrected chi connectivity index (χ1v) is 8.91. The van der Waals surface area contributed by atoms with Crippen molar-refractivity contribution >= 4 is 22.0 Å². The SMILES string of the molecule is O=C(NCc1ccccc1Br)NC(c1ccccc1)c1ccccc1. The largest absolute Gasteiger partial charge is 0.334 e. The van der Waals surface area contributed by atoms with E-state index in [4.69, 9.17) is 0 Å². The minimum Gasteiger partial charge on any atom is -0.334 e. The Morgan fingerprint density at radius 3 is 1.88 bits per heavy atom. The van der Waals surface area contributed by atoms with Crippen LogP contribution in [0.25, 0.3) is 0 Å². The van der Waals surface area contributed by atoms with E-state index in [9.17, 15) is 4.79 Å². The highest BCUT2D eigenvalue weighted by molar-refractivity contribution is 9.10. The Morgan fingerprint density at radius 1 is 0.800 bits per heavy atom. The summed E-state index contributed by atoms with van der Waals surface area (Å²) < 4.78 is 0.984. The molecule has 0 heterocycles. The number of carbonyl (C=O) groups is 1. The van der Waals surface area contributed by atoms with Crippen molar-refractivity contribution in [3.8, 4) is 0 Å². The fourth-order valence-electron chi connectivity index (χ4n) is 2.65. The van der Waals surface area contributed by atoms with E-state index in [1.807, 2.05) is 84.9 Å². The number of urea groups is 1. The molecule has 0 atom stereocenters. The van der Waals surface area contributed by atoms with Gasteiger partial charge in [0, 0.05) is 11.0 Å². The molecule has 3 aromatic rings. The predicted octanol–water partition coefficient (Wildman–Crippen LogP) is 5.04. The Balaban J connectivity index is 1.72. The average molecular weight is 395 g/mol. The molecule has 3 nitrogen and oxygen atoms in total. The smallest absolute Gasteiger partial charge is 0.315 e. The summed E-state index contributed by atoms with van der Waals surface area (Å²) in [4.78, 5) is 12.4. The van der Waals surface area contributed by atoms with Gasteiger partial charge in [0.1, 0.15) is 0 Å². The molecule has 3 rings (SSSR count). The maximum absolute atomic E-state index is 12.4. The molecular weight excluding hydrogens is 376 g/mol. The molecule has 0 saturated heterocycles. The van der Waals surface area contributed by atoms with Gasteiger partial charge in [0.25, 0.3) is 0 Å². The highest BCUT2D eigenvalue weighted by atomic mass is 79.9. The molecule has 0 aliphatic heterocycles. The first kappa shape index (κ1) is 17.2. The standard InChI is InChI=1S/C21H19BrN2O/c22-19-14-8-7-13-18(19)15-23-21(25)24-20(16-9-3-1-4-10-16)17-11-5-2-6-12-17/h1-14,20H,15H2,(H2,23,24,25). The molecule has 3 aromatic carbocycles. The van der Waals surface area contributed by atoms with Gasteiger partial charge >= 0.3 is 6.03 Å². The second-order valence-corrected chi connectivity index (χ2v) is 6.53. The number of hydrogen-bond donors (Lipinski definition) is 2. The molecule has 0 aromatic heterocycles. The lowest BCUT2D eigenvalue weighted by molar-refractivity contribution is 0.238. The number of halogens is 1. The zero-order chi connectivity index (χ0) is 17.5. The summed E-state index contributed by atoms with van der Waals surface area (Å²) in [6, 6.07) is 27.4. The van der Waals surface area contributed by atoms with Crippen LogP contribution in [0.3, 0.4) is 0 Å². The zero-order valence-electron chi connectivity index (χ0n) is 13.7. The minimum atomic E-state index is -0.201. The Morgan fingerprint density at radius 2 is 1.32 bits per heavy atom. The number of benzene rings is 3. The van der Waals surface area contributed by atoms with Crippen LogP contribution in [0.15, 0.2) is 89.4 Å². The molecule has 0 spiro atoms. The first-order chi connectivity index (χ1) is 12.2. The van der Waals surface area contributed by atoms with Crippen molar-refractivity contribution in [2.45, 2.75) is 12.6 Å². The van der Waals surface area contributed by atoms with Crippen molar-refractivity contribution in [1.29, 1.82) is 0 Å². The highest BCUT2D eigenvalue weighted by Crippen LogP contribution is 2.21. The number of hydrogen-bond acceptors (Lipinski definition) is 1. The van der Waals surface area contributed by atoms with Crippen molar-refractivity contribution < 1.29 is 4.79 Å². The van der Waals surface area contributed by atoms with Crippen molar-refractivity contribution in [2.24, 2.45) is 0 Å². The lowest BCUT2D eigenvalue weighted by Crippen LogP contribution is -2.38. The highest BCUT2D eigenvalue weighted by Gasteiger charge is 2.16. The Kier molecular flexibility index (Phi) is 5.86. The average Bonchev–Trinajstić information content (AvgIpc) is 2.67. The van der Waals surface area contributed by atoms with Crippen LogP contribution in [0.5, 0.6) is 0 Å². The number of amides is 2. The Bertz CT molecular complexity index is 782. The number of carbonyl (C=O) groups excluding carboxylic acids is 1. The summed E-state index contributed by atoms with van der Waals surface area (Å²) in [5.74, 6) is 0. The Hall–Kier alpha value is -2.59. The van der Waals surface area contributed by atoms with E-state index >= 15 is 0 Å². The molecule has 2 N–H and O–H groups in total. The maximum Gasteiger partial charge on any atom is 0.315 e. The molecule has 2 amide bonds. The third-order valence-corrected chi connectivity index (χ3v) is 4.71. The maximum atomic E-state index is 12.4. The van der Waals surface area contributed by atoms with E-state index in [1.54, 1.807) is 0 Å². The quantitative estimate of drug-likeness (QED) is 0.625. The van der Waals surface area contributed by atoms with Gasteiger partial charge in [-0.25, -0.2) is 4.79 Å². The monoisotopic (exact) mass is 394 g/mol. The van der Waals surface area contributed by atoms with Gasteiger partial charge in [-0.3, -0.25) is 0 Å². The van der Waals surface area contributed by atoms with Crippen LogP contribution in [0, 0.1) is 0 Å². The second-order valence-electron chi connectivity index (χ2n) is 5.67. The van der Waals surface area contributed by atoms with Crippen LogP contribution >= 0.6 is 15.9 Å². The lowest BCUT2D eigenvalue weighted by Gasteiger charge is -2.20. The number of nitrogens with one attached hydrogen (secondary N) is 2. The van der Waals surface area contributed by atoms with Gasteiger partial charge in [-0.15, -0.1) is 0 Å². The van der Waals surface area contributed by atoms with Crippen molar-refractivity contribution in [1.82, 2.24) is 10.6 Å². The molecule has 0 radical (unpaired) electrons. The molecule has 0 aliphatic rings. The van der Waals surface area contributed by atoms with Gasteiger partial charge in [-0.05, 0) is 22.8 Å². The molecule has 126 valence electrons. The van der Waals surface area contributed by atoms with Gasteiger partial charge in [0.15, 0.2) is 0 Å². The van der Waals surface area contributed by atoms with Crippen molar-refractivity contribution in [3.63, 3.8) is 0 Å². The normalized spacial score (nSPS) is 10.5. The lowest BCUT2D eigenvalue weighted by atomic mass is 9.99. The molecule has 0 saturated carbocycles. The van der Waals surface area contributed by atoms with Gasteiger partial charge in [0.05, 0.1) is 6.04 Å². The van der Waals surface area contributed by atoms with Gasteiger partial charge < -0.3 is 10.6 Å². The van der Waals surface area contributed by atoms with Gasteiger partial charge in [-0.1, -0.05) is 94.8 Å². The second kappa shape index (κ2) is 8.49. The van der Waals surface area contributed by atoms with Crippen molar-refractivity contribution in [3.05, 3.63) is 106 Å².